The van der Waals surface area contributed by atoms with Gasteiger partial charge in [-0.3, -0.25) is 4.79 Å². The molecular weight excluding hydrogens is 424 g/mol. The molecule has 0 radical (unpaired) electrons. The van der Waals surface area contributed by atoms with E-state index in [2.05, 4.69) is 53.7 Å². The Kier molecular flexibility index (Phi) is 6.44. The molecule has 2 saturated carbocycles. The Morgan fingerprint density at radius 3 is 2.44 bits per heavy atom. The lowest BCUT2D eigenvalue weighted by Gasteiger charge is -2.58. The van der Waals surface area contributed by atoms with E-state index >= 15 is 0 Å². The lowest BCUT2D eigenvalue weighted by atomic mass is 9.46. The third-order valence-electron chi connectivity index (χ3n) is 11.0. The van der Waals surface area contributed by atoms with Crippen LogP contribution in [-0.2, 0) is 14.3 Å². The SMILES string of the molecule is CC1=C/C(=C/[C@@H](C)[C@@]2(C)CC[C@H]3C4=CC[C@@H](C(C)C)[C@](C)(CCC(=O)O)[C@H]4CC[C@@]32C)OC1=O. The molecule has 3 aliphatic carbocycles. The highest BCUT2D eigenvalue weighted by atomic mass is 16.5. The highest BCUT2D eigenvalue weighted by molar-refractivity contribution is 5.92. The van der Waals surface area contributed by atoms with Gasteiger partial charge in [0.2, 0.25) is 0 Å². The lowest BCUT2D eigenvalue weighted by molar-refractivity contribution is -0.138. The molecule has 188 valence electrons. The molecule has 0 amide bonds. The summed E-state index contributed by atoms with van der Waals surface area (Å²) in [5.74, 6) is 2.23. The molecule has 34 heavy (non-hydrogen) atoms. The zero-order valence-electron chi connectivity index (χ0n) is 22.2. The van der Waals surface area contributed by atoms with Crippen LogP contribution in [0, 0.1) is 45.8 Å². The van der Waals surface area contributed by atoms with Crippen molar-refractivity contribution >= 4 is 11.9 Å². The summed E-state index contributed by atoms with van der Waals surface area (Å²) in [7, 11) is 0. The fraction of sp³-hybridized carbons (Fsp3) is 0.733. The summed E-state index contributed by atoms with van der Waals surface area (Å²) in [4.78, 5) is 23.4. The number of carboxylic acid groups (broad SMARTS) is 1. The minimum absolute atomic E-state index is 0.0466. The fourth-order valence-corrected chi connectivity index (χ4v) is 8.60. The maximum absolute atomic E-state index is 11.9. The summed E-state index contributed by atoms with van der Waals surface area (Å²) < 4.78 is 5.48. The number of ether oxygens (including phenoxy) is 1. The number of aliphatic carboxylic acids is 1. The Balaban J connectivity index is 1.64. The molecular formula is C30H44O4. The van der Waals surface area contributed by atoms with Crippen molar-refractivity contribution in [2.75, 3.05) is 0 Å². The lowest BCUT2D eigenvalue weighted by Crippen LogP contribution is -2.50. The maximum Gasteiger partial charge on any atom is 0.339 e. The Hall–Kier alpha value is -1.84. The first kappa shape index (κ1) is 25.3. The predicted molar refractivity (Wildman–Crippen MR) is 135 cm³/mol. The van der Waals surface area contributed by atoms with Crippen LogP contribution in [0.4, 0.5) is 0 Å². The Morgan fingerprint density at radius 1 is 1.18 bits per heavy atom. The van der Waals surface area contributed by atoms with Crippen molar-refractivity contribution in [3.05, 3.63) is 35.1 Å². The number of cyclic esters (lactones) is 1. The fourth-order valence-electron chi connectivity index (χ4n) is 8.60. The van der Waals surface area contributed by atoms with Gasteiger partial charge in [-0.25, -0.2) is 4.79 Å². The van der Waals surface area contributed by atoms with Crippen molar-refractivity contribution in [3.63, 3.8) is 0 Å². The van der Waals surface area contributed by atoms with Gasteiger partial charge in [0.15, 0.2) is 0 Å². The van der Waals surface area contributed by atoms with Crippen molar-refractivity contribution < 1.29 is 19.4 Å². The van der Waals surface area contributed by atoms with Gasteiger partial charge >= 0.3 is 11.9 Å². The van der Waals surface area contributed by atoms with Crippen molar-refractivity contribution in [2.45, 2.75) is 93.4 Å². The molecule has 1 heterocycles. The number of allylic oxidation sites excluding steroid dienone is 4. The highest BCUT2D eigenvalue weighted by Gasteiger charge is 2.62. The zero-order chi connectivity index (χ0) is 25.1. The molecule has 0 unspecified atom stereocenters. The summed E-state index contributed by atoms with van der Waals surface area (Å²) in [6.45, 7) is 16.1. The van der Waals surface area contributed by atoms with Crippen molar-refractivity contribution in [1.29, 1.82) is 0 Å². The van der Waals surface area contributed by atoms with Gasteiger partial charge in [-0.15, -0.1) is 0 Å². The number of carbonyl (C=O) groups excluding carboxylic acids is 1. The van der Waals surface area contributed by atoms with E-state index in [1.807, 2.05) is 13.0 Å². The normalized spacial score (nSPS) is 41.6. The average Bonchev–Trinajstić information content (AvgIpc) is 3.22. The van der Waals surface area contributed by atoms with Gasteiger partial charge in [-0.2, -0.15) is 0 Å². The Labute approximate surface area is 205 Å². The molecule has 4 heteroatoms. The van der Waals surface area contributed by atoms with Gasteiger partial charge in [0.05, 0.1) is 0 Å². The van der Waals surface area contributed by atoms with Gasteiger partial charge < -0.3 is 9.84 Å². The van der Waals surface area contributed by atoms with Crippen LogP contribution in [0.2, 0.25) is 0 Å². The number of esters is 1. The average molecular weight is 469 g/mol. The number of carbonyl (C=O) groups is 2. The summed E-state index contributed by atoms with van der Waals surface area (Å²) in [6, 6.07) is 0. The van der Waals surface area contributed by atoms with E-state index in [1.54, 1.807) is 5.57 Å². The summed E-state index contributed by atoms with van der Waals surface area (Å²) >= 11 is 0. The first-order chi connectivity index (χ1) is 15.8. The van der Waals surface area contributed by atoms with E-state index in [1.165, 1.54) is 19.3 Å². The smallest absolute Gasteiger partial charge is 0.339 e. The van der Waals surface area contributed by atoms with Gasteiger partial charge in [-0.1, -0.05) is 53.2 Å². The van der Waals surface area contributed by atoms with Gasteiger partial charge in [0.25, 0.3) is 0 Å². The van der Waals surface area contributed by atoms with Crippen LogP contribution < -0.4 is 0 Å². The minimum Gasteiger partial charge on any atom is -0.481 e. The van der Waals surface area contributed by atoms with Gasteiger partial charge in [0, 0.05) is 12.0 Å². The molecule has 7 atom stereocenters. The summed E-state index contributed by atoms with van der Waals surface area (Å²) in [5, 5.41) is 9.49. The molecule has 0 aromatic heterocycles. The molecule has 4 nitrogen and oxygen atoms in total. The van der Waals surface area contributed by atoms with Crippen LogP contribution in [0.5, 0.6) is 0 Å². The standard InChI is InChI=1S/C30H44O4/c1-18(2)23-9-8-22-24(28(23,5)13-12-26(31)32)10-15-30(7)25(22)11-14-29(30,6)20(4)17-21-16-19(3)27(33)34-21/h8,16-18,20,23-25H,9-15H2,1-7H3,(H,31,32)/b21-17-/t20-,23+,24+,25+,28+,29-,30+/m1/s1. The quantitative estimate of drug-likeness (QED) is 0.328. The van der Waals surface area contributed by atoms with Crippen LogP contribution in [0.15, 0.2) is 35.1 Å². The molecule has 4 rings (SSSR count). The molecule has 0 saturated heterocycles. The van der Waals surface area contributed by atoms with Crippen molar-refractivity contribution in [1.82, 2.24) is 0 Å². The van der Waals surface area contributed by atoms with E-state index in [-0.39, 0.29) is 28.6 Å². The van der Waals surface area contributed by atoms with Crippen LogP contribution in [0.25, 0.3) is 0 Å². The molecule has 0 spiro atoms. The van der Waals surface area contributed by atoms with E-state index in [9.17, 15) is 14.7 Å². The van der Waals surface area contributed by atoms with Crippen LogP contribution >= 0.6 is 0 Å². The number of hydrogen-bond acceptors (Lipinski definition) is 3. The molecule has 1 aliphatic heterocycles. The molecule has 4 aliphatic rings. The van der Waals surface area contributed by atoms with E-state index in [4.69, 9.17) is 4.74 Å². The Bertz CT molecular complexity index is 955. The van der Waals surface area contributed by atoms with E-state index < -0.39 is 5.97 Å². The second kappa shape index (κ2) is 8.68. The Morgan fingerprint density at radius 2 is 1.85 bits per heavy atom. The number of rotatable bonds is 6. The predicted octanol–water partition coefficient (Wildman–Crippen LogP) is 7.32. The third-order valence-corrected chi connectivity index (χ3v) is 11.0. The van der Waals surface area contributed by atoms with Crippen molar-refractivity contribution in [2.24, 2.45) is 45.8 Å². The molecule has 0 bridgehead atoms. The molecule has 0 aromatic carbocycles. The second-order valence-electron chi connectivity index (χ2n) is 12.8. The summed E-state index contributed by atoms with van der Waals surface area (Å²) in [5.41, 5.74) is 2.66. The van der Waals surface area contributed by atoms with Crippen molar-refractivity contribution in [3.8, 4) is 0 Å². The zero-order valence-corrected chi connectivity index (χ0v) is 22.2. The molecule has 2 fully saturated rings. The van der Waals surface area contributed by atoms with Gasteiger partial charge in [0.1, 0.15) is 5.76 Å². The number of carboxylic acids is 1. The first-order valence-corrected chi connectivity index (χ1v) is 13.4. The minimum atomic E-state index is -0.673. The largest absolute Gasteiger partial charge is 0.481 e. The van der Waals surface area contributed by atoms with Crippen LogP contribution in [0.3, 0.4) is 0 Å². The third kappa shape index (κ3) is 3.80. The molecule has 0 aromatic rings. The number of fused-ring (bicyclic) bond motifs is 3. The monoisotopic (exact) mass is 468 g/mol. The van der Waals surface area contributed by atoms with Crippen LogP contribution in [0.1, 0.15) is 93.4 Å². The summed E-state index contributed by atoms with van der Waals surface area (Å²) in [6.07, 6.45) is 13.4. The van der Waals surface area contributed by atoms with Gasteiger partial charge in [-0.05, 0) is 103 Å². The number of hydrogen-bond donors (Lipinski definition) is 1. The van der Waals surface area contributed by atoms with E-state index in [0.29, 0.717) is 40.9 Å². The van der Waals surface area contributed by atoms with E-state index in [0.717, 1.165) is 19.3 Å². The highest BCUT2D eigenvalue weighted by Crippen LogP contribution is 2.70. The topological polar surface area (TPSA) is 63.6 Å². The first-order valence-electron chi connectivity index (χ1n) is 13.4. The second-order valence-corrected chi connectivity index (χ2v) is 12.8. The maximum atomic E-state index is 11.9. The molecule has 1 N–H and O–H groups in total. The van der Waals surface area contributed by atoms with Crippen LogP contribution in [-0.4, -0.2) is 17.0 Å².